The molecule has 5 heteroatoms. The number of hydrogen-bond acceptors (Lipinski definition) is 2. The van der Waals surface area contributed by atoms with E-state index in [9.17, 15) is 0 Å². The summed E-state index contributed by atoms with van der Waals surface area (Å²) in [4.78, 5) is 2.41. The van der Waals surface area contributed by atoms with Crippen LogP contribution in [0.4, 0.5) is 0 Å². The second kappa shape index (κ2) is 9.05. The second-order valence-corrected chi connectivity index (χ2v) is 7.49. The molecule has 1 aromatic heterocycles. The Morgan fingerprint density at radius 1 is 1.04 bits per heavy atom. The summed E-state index contributed by atoms with van der Waals surface area (Å²) in [5, 5.41) is 3.61. The average Bonchev–Trinajstić information content (AvgIpc) is 2.91. The van der Waals surface area contributed by atoms with Gasteiger partial charge >= 0.3 is 0 Å². The minimum absolute atomic E-state index is 0. The van der Waals surface area contributed by atoms with E-state index in [0.29, 0.717) is 5.88 Å². The number of nitrogens with zero attached hydrogens (tertiary/aromatic N) is 1. The Labute approximate surface area is 160 Å². The molecule has 1 nitrogen and oxygen atoms in total. The summed E-state index contributed by atoms with van der Waals surface area (Å²) < 4.78 is 2.47. The number of thiophene rings is 1. The van der Waals surface area contributed by atoms with Crippen molar-refractivity contribution in [1.29, 1.82) is 0 Å². The summed E-state index contributed by atoms with van der Waals surface area (Å²) in [6, 6.07) is 17.1. The fourth-order valence-electron chi connectivity index (χ4n) is 2.59. The Hall–Kier alpha value is -0.580. The van der Waals surface area contributed by atoms with Crippen molar-refractivity contribution in [3.8, 4) is 0 Å². The van der Waals surface area contributed by atoms with Gasteiger partial charge in [-0.05, 0) is 40.1 Å². The quantitative estimate of drug-likeness (QED) is 0.413. The molecular weight excluding hydrogens is 413 g/mol. The van der Waals surface area contributed by atoms with Crippen LogP contribution in [0.2, 0.25) is 0 Å². The maximum Gasteiger partial charge on any atom is 0.0351 e. The van der Waals surface area contributed by atoms with Gasteiger partial charge in [-0.1, -0.05) is 46.3 Å². The molecule has 0 bridgehead atoms. The van der Waals surface area contributed by atoms with E-state index in [1.165, 1.54) is 21.2 Å². The molecule has 0 radical (unpaired) electrons. The van der Waals surface area contributed by atoms with Gasteiger partial charge in [0.2, 0.25) is 0 Å². The van der Waals surface area contributed by atoms with E-state index in [1.807, 2.05) is 11.3 Å². The Balaban J connectivity index is 0.00000192. The molecule has 0 saturated carbocycles. The molecule has 2 aromatic carbocycles. The van der Waals surface area contributed by atoms with Gasteiger partial charge in [-0.15, -0.1) is 35.3 Å². The van der Waals surface area contributed by atoms with Crippen molar-refractivity contribution in [3.63, 3.8) is 0 Å². The second-order valence-electron chi connectivity index (χ2n) is 5.29. The van der Waals surface area contributed by atoms with Crippen molar-refractivity contribution in [1.82, 2.24) is 4.90 Å². The number of halogens is 3. The molecule has 0 N–H and O–H groups in total. The van der Waals surface area contributed by atoms with E-state index >= 15 is 0 Å². The van der Waals surface area contributed by atoms with Gasteiger partial charge < -0.3 is 0 Å². The number of fused-ring (bicyclic) bond motifs is 1. The summed E-state index contributed by atoms with van der Waals surface area (Å²) in [6.07, 6.45) is 0. The molecule has 122 valence electrons. The number of alkyl halides is 1. The summed E-state index contributed by atoms with van der Waals surface area (Å²) in [5.74, 6) is 0.651. The summed E-state index contributed by atoms with van der Waals surface area (Å²) >= 11 is 11.4. The Kier molecular flexibility index (Phi) is 7.38. The van der Waals surface area contributed by atoms with Crippen LogP contribution >= 0.6 is 51.3 Å². The highest BCUT2D eigenvalue weighted by molar-refractivity contribution is 9.10. The summed E-state index contributed by atoms with van der Waals surface area (Å²) in [6.45, 7) is 2.75. The van der Waals surface area contributed by atoms with Crippen molar-refractivity contribution in [2.24, 2.45) is 0 Å². The van der Waals surface area contributed by atoms with Crippen LogP contribution in [0.5, 0.6) is 0 Å². The van der Waals surface area contributed by atoms with Crippen LogP contribution in [0, 0.1) is 0 Å². The Morgan fingerprint density at radius 3 is 2.57 bits per heavy atom. The third-order valence-electron chi connectivity index (χ3n) is 3.66. The van der Waals surface area contributed by atoms with Crippen LogP contribution in [0.15, 0.2) is 58.4 Å². The Bertz CT molecular complexity index is 745. The first-order valence-corrected chi connectivity index (χ1v) is 9.45. The van der Waals surface area contributed by atoms with Crippen molar-refractivity contribution in [2.45, 2.75) is 13.1 Å². The smallest absolute Gasteiger partial charge is 0.0351 e. The molecule has 0 spiro atoms. The zero-order chi connectivity index (χ0) is 15.4. The lowest BCUT2D eigenvalue weighted by atomic mass is 10.1. The summed E-state index contributed by atoms with van der Waals surface area (Å²) in [7, 11) is 0. The van der Waals surface area contributed by atoms with Gasteiger partial charge in [0.1, 0.15) is 0 Å². The molecule has 3 aromatic rings. The maximum atomic E-state index is 6.00. The third-order valence-corrected chi connectivity index (χ3v) is 5.33. The minimum atomic E-state index is 0. The fourth-order valence-corrected chi connectivity index (χ4v) is 4.13. The summed E-state index contributed by atoms with van der Waals surface area (Å²) in [5.41, 5.74) is 2.70. The molecule has 0 aliphatic rings. The number of rotatable bonds is 6. The SMILES string of the molecule is Cl.ClCCN(Cc1ccccc1)Cc1csc2ccc(Br)cc12. The maximum absolute atomic E-state index is 6.00. The van der Waals surface area contributed by atoms with Crippen LogP contribution in [0.1, 0.15) is 11.1 Å². The van der Waals surface area contributed by atoms with E-state index in [1.54, 1.807) is 0 Å². The van der Waals surface area contributed by atoms with E-state index in [4.69, 9.17) is 11.6 Å². The van der Waals surface area contributed by atoms with Crippen LogP contribution in [0.3, 0.4) is 0 Å². The normalized spacial score (nSPS) is 10.9. The van der Waals surface area contributed by atoms with Gasteiger partial charge in [0, 0.05) is 34.7 Å². The molecular formula is C18H18BrCl2NS. The molecule has 0 aliphatic carbocycles. The number of hydrogen-bond donors (Lipinski definition) is 0. The van der Waals surface area contributed by atoms with Crippen molar-refractivity contribution in [3.05, 3.63) is 69.5 Å². The fraction of sp³-hybridized carbons (Fsp3) is 0.222. The highest BCUT2D eigenvalue weighted by atomic mass is 79.9. The van der Waals surface area contributed by atoms with Gasteiger partial charge in [-0.3, -0.25) is 4.90 Å². The molecule has 0 fully saturated rings. The largest absolute Gasteiger partial charge is 0.294 e. The lowest BCUT2D eigenvalue weighted by molar-refractivity contribution is 0.274. The van der Waals surface area contributed by atoms with Gasteiger partial charge in [0.05, 0.1) is 0 Å². The zero-order valence-corrected chi connectivity index (χ0v) is 16.5. The Morgan fingerprint density at radius 2 is 1.83 bits per heavy atom. The standard InChI is InChI=1S/C18H17BrClNS.ClH/c19-16-6-7-18-17(10-16)15(13-22-18)12-21(9-8-20)11-14-4-2-1-3-5-14;/h1-7,10,13H,8-9,11-12H2;1H. The molecule has 0 saturated heterocycles. The lowest BCUT2D eigenvalue weighted by Gasteiger charge is -2.21. The van der Waals surface area contributed by atoms with Crippen LogP contribution in [-0.4, -0.2) is 17.3 Å². The highest BCUT2D eigenvalue weighted by Crippen LogP contribution is 2.30. The molecule has 1 heterocycles. The van der Waals surface area contributed by atoms with Crippen LogP contribution < -0.4 is 0 Å². The van der Waals surface area contributed by atoms with Gasteiger partial charge in [0.25, 0.3) is 0 Å². The van der Waals surface area contributed by atoms with E-state index < -0.39 is 0 Å². The predicted octanol–water partition coefficient (Wildman–Crippen LogP) is 6.33. The topological polar surface area (TPSA) is 3.24 Å². The zero-order valence-electron chi connectivity index (χ0n) is 12.5. The lowest BCUT2D eigenvalue weighted by Crippen LogP contribution is -2.24. The molecule has 23 heavy (non-hydrogen) atoms. The monoisotopic (exact) mass is 429 g/mol. The first-order chi connectivity index (χ1) is 10.8. The molecule has 0 aliphatic heterocycles. The molecule has 0 unspecified atom stereocenters. The van der Waals surface area contributed by atoms with Gasteiger partial charge in [0.15, 0.2) is 0 Å². The van der Waals surface area contributed by atoms with E-state index in [2.05, 4.69) is 74.7 Å². The van der Waals surface area contributed by atoms with Crippen molar-refractivity contribution >= 4 is 61.4 Å². The molecule has 0 amide bonds. The highest BCUT2D eigenvalue weighted by Gasteiger charge is 2.11. The van der Waals surface area contributed by atoms with E-state index in [0.717, 1.165) is 24.1 Å². The number of benzene rings is 2. The van der Waals surface area contributed by atoms with Crippen LogP contribution in [-0.2, 0) is 13.1 Å². The van der Waals surface area contributed by atoms with Gasteiger partial charge in [-0.25, -0.2) is 0 Å². The molecule has 3 rings (SSSR count). The first-order valence-electron chi connectivity index (χ1n) is 7.24. The third kappa shape index (κ3) is 4.94. The van der Waals surface area contributed by atoms with E-state index in [-0.39, 0.29) is 12.4 Å². The van der Waals surface area contributed by atoms with Gasteiger partial charge in [-0.2, -0.15) is 0 Å². The van der Waals surface area contributed by atoms with Crippen LogP contribution in [0.25, 0.3) is 10.1 Å². The van der Waals surface area contributed by atoms with Crippen molar-refractivity contribution in [2.75, 3.05) is 12.4 Å². The first kappa shape index (κ1) is 18.8. The van der Waals surface area contributed by atoms with Crippen molar-refractivity contribution < 1.29 is 0 Å². The molecule has 0 atom stereocenters. The predicted molar refractivity (Wildman–Crippen MR) is 108 cm³/mol. The minimum Gasteiger partial charge on any atom is -0.294 e. The average molecular weight is 431 g/mol.